The standard InChI is InChI=1S/C19H20N4O5S/c1-2-28-17(26)14-11-29-18(20-14)22-15(24)9-8-13-16(25)23(19(27)21-13)10-12-6-4-3-5-7-12/h3-7,11,13H,2,8-10H2,1H3,(H,21,27)(H,20,22,24)/t13-/m1/s1. The number of urea groups is 1. The second kappa shape index (κ2) is 9.28. The monoisotopic (exact) mass is 416 g/mol. The lowest BCUT2D eigenvalue weighted by Gasteiger charge is -2.13. The van der Waals surface area contributed by atoms with Crippen LogP contribution in [0.4, 0.5) is 9.93 Å². The average Bonchev–Trinajstić information content (AvgIpc) is 3.27. The van der Waals surface area contributed by atoms with Gasteiger partial charge in [-0.05, 0) is 18.9 Å². The summed E-state index contributed by atoms with van der Waals surface area (Å²) in [5.41, 5.74) is 0.970. The van der Waals surface area contributed by atoms with Crippen molar-refractivity contribution < 1.29 is 23.9 Å². The molecule has 9 nitrogen and oxygen atoms in total. The van der Waals surface area contributed by atoms with E-state index in [0.717, 1.165) is 21.8 Å². The zero-order valence-corrected chi connectivity index (χ0v) is 16.5. The number of esters is 1. The van der Waals surface area contributed by atoms with Crippen LogP contribution in [0.2, 0.25) is 0 Å². The Labute approximate surface area is 171 Å². The molecule has 0 bridgehead atoms. The molecule has 1 aromatic carbocycles. The first-order valence-corrected chi connectivity index (χ1v) is 9.94. The van der Waals surface area contributed by atoms with Gasteiger partial charge in [-0.25, -0.2) is 14.6 Å². The fraction of sp³-hybridized carbons (Fsp3) is 0.316. The summed E-state index contributed by atoms with van der Waals surface area (Å²) in [6.07, 6.45) is 0.183. The third-order valence-electron chi connectivity index (χ3n) is 4.19. The van der Waals surface area contributed by atoms with E-state index in [0.29, 0.717) is 0 Å². The molecule has 2 heterocycles. The van der Waals surface area contributed by atoms with Gasteiger partial charge in [0.05, 0.1) is 13.2 Å². The van der Waals surface area contributed by atoms with Crippen molar-refractivity contribution in [3.8, 4) is 0 Å². The summed E-state index contributed by atoms with van der Waals surface area (Å²) >= 11 is 1.10. The van der Waals surface area contributed by atoms with E-state index in [1.54, 1.807) is 6.92 Å². The van der Waals surface area contributed by atoms with Crippen LogP contribution in [0.3, 0.4) is 0 Å². The summed E-state index contributed by atoms with van der Waals surface area (Å²) in [6, 6.07) is 7.98. The van der Waals surface area contributed by atoms with E-state index in [4.69, 9.17) is 4.74 Å². The quantitative estimate of drug-likeness (QED) is 0.503. The summed E-state index contributed by atoms with van der Waals surface area (Å²) in [4.78, 5) is 53.5. The summed E-state index contributed by atoms with van der Waals surface area (Å²) in [7, 11) is 0. The normalized spacial score (nSPS) is 15.9. The Morgan fingerprint density at radius 1 is 1.28 bits per heavy atom. The molecule has 2 N–H and O–H groups in total. The Kier molecular flexibility index (Phi) is 6.55. The Balaban J connectivity index is 1.49. The lowest BCUT2D eigenvalue weighted by atomic mass is 10.1. The second-order valence-corrected chi connectivity index (χ2v) is 7.12. The minimum absolute atomic E-state index is 0.0180. The van der Waals surface area contributed by atoms with Gasteiger partial charge < -0.3 is 15.4 Å². The summed E-state index contributed by atoms with van der Waals surface area (Å²) in [5, 5.41) is 6.96. The summed E-state index contributed by atoms with van der Waals surface area (Å²) in [6.45, 7) is 2.11. The lowest BCUT2D eigenvalue weighted by molar-refractivity contribution is -0.128. The molecule has 29 heavy (non-hydrogen) atoms. The number of amides is 4. The van der Waals surface area contributed by atoms with Gasteiger partial charge in [-0.1, -0.05) is 30.3 Å². The van der Waals surface area contributed by atoms with Crippen LogP contribution in [-0.2, 0) is 20.9 Å². The molecule has 1 saturated heterocycles. The summed E-state index contributed by atoms with van der Waals surface area (Å²) < 4.78 is 4.85. The highest BCUT2D eigenvalue weighted by Crippen LogP contribution is 2.18. The number of ether oxygens (including phenoxy) is 1. The van der Waals surface area contributed by atoms with Gasteiger partial charge in [-0.15, -0.1) is 11.3 Å². The zero-order valence-electron chi connectivity index (χ0n) is 15.7. The zero-order chi connectivity index (χ0) is 20.8. The van der Waals surface area contributed by atoms with Crippen molar-refractivity contribution in [2.45, 2.75) is 32.4 Å². The Bertz CT molecular complexity index is 914. The molecule has 1 aromatic heterocycles. The van der Waals surface area contributed by atoms with Gasteiger partial charge in [0.15, 0.2) is 10.8 Å². The van der Waals surface area contributed by atoms with Gasteiger partial charge in [0.2, 0.25) is 5.91 Å². The number of anilines is 1. The van der Waals surface area contributed by atoms with Crippen molar-refractivity contribution in [1.29, 1.82) is 0 Å². The molecular weight excluding hydrogens is 396 g/mol. The molecule has 0 unspecified atom stereocenters. The number of thiazole rings is 1. The first-order chi connectivity index (χ1) is 14.0. The number of hydrogen-bond donors (Lipinski definition) is 2. The summed E-state index contributed by atoms with van der Waals surface area (Å²) in [5.74, 6) is -1.27. The predicted octanol–water partition coefficient (Wildman–Crippen LogP) is 2.16. The van der Waals surface area contributed by atoms with Crippen molar-refractivity contribution >= 4 is 40.3 Å². The molecule has 0 aliphatic carbocycles. The minimum Gasteiger partial charge on any atom is -0.461 e. The molecule has 0 spiro atoms. The van der Waals surface area contributed by atoms with Gasteiger partial charge >= 0.3 is 12.0 Å². The number of aromatic nitrogens is 1. The number of nitrogens with one attached hydrogen (secondary N) is 2. The Morgan fingerprint density at radius 3 is 2.76 bits per heavy atom. The van der Waals surface area contributed by atoms with Crippen molar-refractivity contribution in [3.63, 3.8) is 0 Å². The van der Waals surface area contributed by atoms with Crippen molar-refractivity contribution in [2.24, 2.45) is 0 Å². The maximum atomic E-state index is 12.5. The van der Waals surface area contributed by atoms with Gasteiger partial charge in [0.1, 0.15) is 6.04 Å². The predicted molar refractivity (Wildman–Crippen MR) is 105 cm³/mol. The molecule has 1 aliphatic rings. The van der Waals surface area contributed by atoms with Crippen LogP contribution in [0.1, 0.15) is 35.8 Å². The minimum atomic E-state index is -0.747. The molecule has 1 aliphatic heterocycles. The first-order valence-electron chi connectivity index (χ1n) is 9.06. The van der Waals surface area contributed by atoms with Gasteiger partial charge in [-0.3, -0.25) is 14.5 Å². The average molecular weight is 416 g/mol. The van der Waals surface area contributed by atoms with E-state index in [1.165, 1.54) is 5.38 Å². The first kappa shape index (κ1) is 20.5. The van der Waals surface area contributed by atoms with Crippen LogP contribution in [0.15, 0.2) is 35.7 Å². The number of benzene rings is 1. The molecule has 10 heteroatoms. The van der Waals surface area contributed by atoms with Gasteiger partial charge in [-0.2, -0.15) is 0 Å². The van der Waals surface area contributed by atoms with E-state index in [-0.39, 0.29) is 48.6 Å². The molecule has 2 aromatic rings. The topological polar surface area (TPSA) is 118 Å². The molecule has 4 amide bonds. The third-order valence-corrected chi connectivity index (χ3v) is 4.94. The van der Waals surface area contributed by atoms with Crippen molar-refractivity contribution in [3.05, 3.63) is 47.0 Å². The fourth-order valence-electron chi connectivity index (χ4n) is 2.78. The van der Waals surface area contributed by atoms with Crippen LogP contribution >= 0.6 is 11.3 Å². The van der Waals surface area contributed by atoms with Crippen LogP contribution < -0.4 is 10.6 Å². The molecular formula is C19H20N4O5S. The number of nitrogens with zero attached hydrogens (tertiary/aromatic N) is 2. The maximum absolute atomic E-state index is 12.5. The third kappa shape index (κ3) is 5.17. The molecule has 152 valence electrons. The molecule has 1 atom stereocenters. The SMILES string of the molecule is CCOC(=O)c1csc(NC(=O)CC[C@H]2NC(=O)N(Cc3ccccc3)C2=O)n1. The number of carbonyl (C=O) groups excluding carboxylic acids is 4. The molecule has 0 saturated carbocycles. The molecule has 0 radical (unpaired) electrons. The van der Waals surface area contributed by atoms with E-state index in [2.05, 4.69) is 15.6 Å². The van der Waals surface area contributed by atoms with Crippen LogP contribution in [0, 0.1) is 0 Å². The second-order valence-electron chi connectivity index (χ2n) is 6.26. The lowest BCUT2D eigenvalue weighted by Crippen LogP contribution is -2.31. The van der Waals surface area contributed by atoms with E-state index < -0.39 is 18.0 Å². The number of rotatable bonds is 8. The number of hydrogen-bond acceptors (Lipinski definition) is 7. The molecule has 1 fully saturated rings. The number of imide groups is 1. The molecule has 3 rings (SSSR count). The highest BCUT2D eigenvalue weighted by Gasteiger charge is 2.37. The highest BCUT2D eigenvalue weighted by atomic mass is 32.1. The van der Waals surface area contributed by atoms with Gasteiger partial charge in [0.25, 0.3) is 5.91 Å². The van der Waals surface area contributed by atoms with Gasteiger partial charge in [0, 0.05) is 11.8 Å². The van der Waals surface area contributed by atoms with Crippen molar-refractivity contribution in [1.82, 2.24) is 15.2 Å². The van der Waals surface area contributed by atoms with E-state index in [9.17, 15) is 19.2 Å². The van der Waals surface area contributed by atoms with E-state index >= 15 is 0 Å². The van der Waals surface area contributed by atoms with Crippen LogP contribution in [0.25, 0.3) is 0 Å². The van der Waals surface area contributed by atoms with Crippen molar-refractivity contribution in [2.75, 3.05) is 11.9 Å². The Morgan fingerprint density at radius 2 is 2.03 bits per heavy atom. The maximum Gasteiger partial charge on any atom is 0.357 e. The Hall–Kier alpha value is -3.27. The fourth-order valence-corrected chi connectivity index (χ4v) is 3.47. The smallest absolute Gasteiger partial charge is 0.357 e. The van der Waals surface area contributed by atoms with Crippen LogP contribution in [0.5, 0.6) is 0 Å². The highest BCUT2D eigenvalue weighted by molar-refractivity contribution is 7.14. The number of carbonyl (C=O) groups is 4. The van der Waals surface area contributed by atoms with E-state index in [1.807, 2.05) is 30.3 Å². The van der Waals surface area contributed by atoms with Crippen LogP contribution in [-0.4, -0.2) is 46.3 Å². The largest absolute Gasteiger partial charge is 0.461 e.